The normalized spacial score (nSPS) is 15.0. The lowest BCUT2D eigenvalue weighted by Gasteiger charge is -2.41. The van der Waals surface area contributed by atoms with Gasteiger partial charge in [-0.2, -0.15) is 0 Å². The Morgan fingerprint density at radius 2 is 1.24 bits per heavy atom. The molecule has 1 atom stereocenters. The molecule has 0 N–H and O–H groups in total. The summed E-state index contributed by atoms with van der Waals surface area (Å²) < 4.78 is 30.5. The molecule has 148 valence electrons. The summed E-state index contributed by atoms with van der Waals surface area (Å²) in [6.07, 6.45) is 0.690. The van der Waals surface area contributed by atoms with Crippen molar-refractivity contribution in [3.8, 4) is 0 Å². The van der Waals surface area contributed by atoms with Crippen LogP contribution in [0.4, 0.5) is 0 Å². The quantitative estimate of drug-likeness (QED) is 0.282. The van der Waals surface area contributed by atoms with Gasteiger partial charge >= 0.3 is 15.0 Å². The molecule has 0 aliphatic carbocycles. The topological polar surface area (TPSA) is 63.2 Å². The zero-order valence-corrected chi connectivity index (χ0v) is 21.5. The number of rotatable bonds is 11. The third-order valence-electron chi connectivity index (χ3n) is 2.27. The van der Waals surface area contributed by atoms with Crippen LogP contribution in [-0.4, -0.2) is 52.7 Å². The molecule has 25 heavy (non-hydrogen) atoms. The Morgan fingerprint density at radius 1 is 0.880 bits per heavy atom. The molecule has 0 radical (unpaired) electrons. The van der Waals surface area contributed by atoms with Crippen LogP contribution >= 0.6 is 0 Å². The van der Waals surface area contributed by atoms with Gasteiger partial charge in [0.15, 0.2) is 25.0 Å². The molecule has 1 unspecified atom stereocenters. The van der Waals surface area contributed by atoms with E-state index in [1.54, 1.807) is 6.92 Å². The van der Waals surface area contributed by atoms with E-state index in [2.05, 4.69) is 65.5 Å². The van der Waals surface area contributed by atoms with Crippen LogP contribution in [-0.2, 0) is 26.3 Å². The summed E-state index contributed by atoms with van der Waals surface area (Å²) in [5.41, 5.74) is 0. The van der Waals surface area contributed by atoms with Crippen molar-refractivity contribution in [2.45, 2.75) is 72.0 Å². The summed E-state index contributed by atoms with van der Waals surface area (Å²) in [5, 5.41) is 0. The Kier molecular flexibility index (Phi) is 9.19. The highest BCUT2D eigenvalue weighted by Gasteiger charge is 2.54. The average Bonchev–Trinajstić information content (AvgIpc) is 2.29. The van der Waals surface area contributed by atoms with E-state index in [1.807, 2.05) is 0 Å². The number of ether oxygens (including phenoxy) is 1. The minimum absolute atomic E-state index is 0.158. The number of carbonyl (C=O) groups is 1. The molecule has 0 amide bonds. The van der Waals surface area contributed by atoms with Crippen molar-refractivity contribution >= 4 is 40.0 Å². The first-order valence-corrected chi connectivity index (χ1v) is 20.4. The molecule has 0 aliphatic heterocycles. The van der Waals surface area contributed by atoms with Crippen LogP contribution in [0.1, 0.15) is 6.92 Å². The molecule has 0 bridgehead atoms. The first kappa shape index (κ1) is 24.9. The van der Waals surface area contributed by atoms with E-state index in [0.29, 0.717) is 0 Å². The minimum atomic E-state index is -3.36. The van der Waals surface area contributed by atoms with E-state index >= 15 is 0 Å². The second-order valence-corrected chi connectivity index (χ2v) is 25.3. The summed E-state index contributed by atoms with van der Waals surface area (Å²) in [6, 6.07) is 0. The molecule has 0 saturated heterocycles. The molecule has 10 heteroatoms. The largest absolute Gasteiger partial charge is 0.647 e. The average molecular weight is 425 g/mol. The van der Waals surface area contributed by atoms with Crippen LogP contribution in [0.3, 0.4) is 0 Å². The number of carbonyl (C=O) groups excluding carboxylic acids is 1. The maximum atomic E-state index is 11.4. The second-order valence-electron chi connectivity index (χ2n) is 8.91. The fraction of sp³-hybridized carbons (Fsp3) is 0.800. The van der Waals surface area contributed by atoms with Gasteiger partial charge < -0.3 is 21.5 Å². The number of esters is 1. The molecule has 0 heterocycles. The predicted molar refractivity (Wildman–Crippen MR) is 111 cm³/mol. The third kappa shape index (κ3) is 12.8. The monoisotopic (exact) mass is 424 g/mol. The third-order valence-corrected chi connectivity index (χ3v) is 13.1. The highest BCUT2D eigenvalue weighted by atomic mass is 28.5. The molecule has 0 saturated carbocycles. The van der Waals surface area contributed by atoms with Crippen LogP contribution < -0.4 is 0 Å². The molecule has 0 rings (SSSR count). The van der Waals surface area contributed by atoms with Crippen molar-refractivity contribution < 1.29 is 26.3 Å². The van der Waals surface area contributed by atoms with Crippen molar-refractivity contribution in [3.63, 3.8) is 0 Å². The maximum absolute atomic E-state index is 11.4. The number of hydrogen-bond acceptors (Lipinski definition) is 6. The standard InChI is InChI=1S/C15H36O6Si4/c1-12-15(16)18-14(2)13-17-25(19-22(3,4)5,20-23(6,7)8)21-24(9,10)11/h12,14H,1,13H2,2-11H3. The Labute approximate surface area is 157 Å². The van der Waals surface area contributed by atoms with Crippen molar-refractivity contribution in [2.75, 3.05) is 6.61 Å². The summed E-state index contributed by atoms with van der Waals surface area (Å²) in [4.78, 5) is 11.4. The van der Waals surface area contributed by atoms with Gasteiger partial charge in [0.2, 0.25) is 0 Å². The Bertz CT molecular complexity index is 410. The highest BCUT2D eigenvalue weighted by Crippen LogP contribution is 2.26. The van der Waals surface area contributed by atoms with Gasteiger partial charge in [0.25, 0.3) is 0 Å². The van der Waals surface area contributed by atoms with E-state index in [-0.39, 0.29) is 6.61 Å². The smallest absolute Gasteiger partial charge is 0.457 e. The molecule has 0 spiro atoms. The fourth-order valence-corrected chi connectivity index (χ4v) is 13.5. The van der Waals surface area contributed by atoms with Crippen molar-refractivity contribution in [2.24, 2.45) is 0 Å². The molecule has 0 aliphatic rings. The predicted octanol–water partition coefficient (Wildman–Crippen LogP) is 4.11. The fourth-order valence-electron chi connectivity index (χ4n) is 1.78. The molecular weight excluding hydrogens is 389 g/mol. The van der Waals surface area contributed by atoms with Gasteiger partial charge in [0.1, 0.15) is 6.10 Å². The van der Waals surface area contributed by atoms with Crippen molar-refractivity contribution in [3.05, 3.63) is 12.7 Å². The van der Waals surface area contributed by atoms with Crippen LogP contribution in [0.25, 0.3) is 0 Å². The van der Waals surface area contributed by atoms with E-state index in [1.165, 1.54) is 0 Å². The second kappa shape index (κ2) is 9.22. The van der Waals surface area contributed by atoms with Gasteiger partial charge in [-0.3, -0.25) is 0 Å². The van der Waals surface area contributed by atoms with Gasteiger partial charge in [-0.25, -0.2) is 4.79 Å². The lowest BCUT2D eigenvalue weighted by atomic mass is 10.4. The molecule has 6 nitrogen and oxygen atoms in total. The Morgan fingerprint density at radius 3 is 1.52 bits per heavy atom. The van der Waals surface area contributed by atoms with Crippen molar-refractivity contribution in [1.29, 1.82) is 0 Å². The number of hydrogen-bond donors (Lipinski definition) is 0. The van der Waals surface area contributed by atoms with Gasteiger partial charge in [0, 0.05) is 6.08 Å². The van der Waals surface area contributed by atoms with Crippen molar-refractivity contribution in [1.82, 2.24) is 0 Å². The van der Waals surface area contributed by atoms with Crippen LogP contribution in [0.2, 0.25) is 58.9 Å². The van der Waals surface area contributed by atoms with E-state index in [0.717, 1.165) is 6.08 Å². The van der Waals surface area contributed by atoms with Gasteiger partial charge in [-0.15, -0.1) is 0 Å². The molecule has 0 aromatic carbocycles. The van der Waals surface area contributed by atoms with Crippen LogP contribution in [0, 0.1) is 0 Å². The lowest BCUT2D eigenvalue weighted by Crippen LogP contribution is -2.63. The lowest BCUT2D eigenvalue weighted by molar-refractivity contribution is -0.144. The van der Waals surface area contributed by atoms with E-state index in [9.17, 15) is 4.79 Å². The Hall–Kier alpha value is -0.0825. The van der Waals surface area contributed by atoms with Gasteiger partial charge in [0.05, 0.1) is 6.61 Å². The SMILES string of the molecule is C=CC(=O)OC(C)CO[Si](O[Si](C)(C)C)(O[Si](C)(C)C)O[Si](C)(C)C. The molecule has 0 aromatic rings. The molecular formula is C15H36O6Si4. The molecule has 0 aromatic heterocycles. The zero-order valence-electron chi connectivity index (χ0n) is 17.5. The van der Waals surface area contributed by atoms with E-state index < -0.39 is 46.1 Å². The highest BCUT2D eigenvalue weighted by molar-refractivity contribution is 6.87. The van der Waals surface area contributed by atoms with E-state index in [4.69, 9.17) is 21.5 Å². The minimum Gasteiger partial charge on any atom is -0.457 e. The zero-order chi connectivity index (χ0) is 20.1. The summed E-state index contributed by atoms with van der Waals surface area (Å²) in [6.45, 7) is 24.1. The van der Waals surface area contributed by atoms with Gasteiger partial charge in [-0.05, 0) is 65.8 Å². The first-order chi connectivity index (χ1) is 11.0. The van der Waals surface area contributed by atoms with Gasteiger partial charge in [-0.1, -0.05) is 6.58 Å². The summed E-state index contributed by atoms with van der Waals surface area (Å²) >= 11 is 0. The molecule has 0 fully saturated rings. The first-order valence-electron chi connectivity index (χ1n) is 8.54. The van der Waals surface area contributed by atoms with Crippen LogP contribution in [0.15, 0.2) is 12.7 Å². The Balaban J connectivity index is 5.49. The maximum Gasteiger partial charge on any atom is 0.647 e. The van der Waals surface area contributed by atoms with Crippen LogP contribution in [0.5, 0.6) is 0 Å². The summed E-state index contributed by atoms with van der Waals surface area (Å²) in [7, 11) is -9.35. The summed E-state index contributed by atoms with van der Waals surface area (Å²) in [5.74, 6) is -0.480.